The zero-order chi connectivity index (χ0) is 12.7. The first-order valence-corrected chi connectivity index (χ1v) is 5.88. The van der Waals surface area contributed by atoms with E-state index in [1.807, 2.05) is 0 Å². The molecule has 5 heteroatoms. The highest BCUT2D eigenvalue weighted by atomic mass is 32.1. The summed E-state index contributed by atoms with van der Waals surface area (Å²) in [5, 5.41) is 3.19. The van der Waals surface area contributed by atoms with E-state index in [2.05, 4.69) is 5.32 Å². The van der Waals surface area contributed by atoms with Crippen molar-refractivity contribution in [2.45, 2.75) is 12.8 Å². The molecule has 0 aromatic heterocycles. The number of unbranched alkanes of at least 4 members (excludes halogenated alkanes) is 1. The quantitative estimate of drug-likeness (QED) is 0.580. The Bertz CT molecular complexity index is 385. The molecule has 0 fully saturated rings. The van der Waals surface area contributed by atoms with Crippen LogP contribution in [0.1, 0.15) is 18.4 Å². The van der Waals surface area contributed by atoms with Crippen molar-refractivity contribution in [2.75, 3.05) is 25.6 Å². The van der Waals surface area contributed by atoms with Gasteiger partial charge in [-0.15, -0.1) is 0 Å². The number of rotatable bonds is 7. The standard InChI is InChI=1S/C12H17FN2OS/c1-16-7-3-2-6-15-11-5-4-9(13)8-10(11)12(14)17/h4-5,8,15H,2-3,6-7H2,1H3,(H2,14,17). The monoisotopic (exact) mass is 256 g/mol. The van der Waals surface area contributed by atoms with Crippen molar-refractivity contribution in [3.8, 4) is 0 Å². The van der Waals surface area contributed by atoms with Crippen molar-refractivity contribution in [3.63, 3.8) is 0 Å². The Morgan fingerprint density at radius 3 is 2.88 bits per heavy atom. The molecule has 1 aromatic rings. The molecule has 0 saturated heterocycles. The fourth-order valence-electron chi connectivity index (χ4n) is 1.47. The van der Waals surface area contributed by atoms with Crippen LogP contribution >= 0.6 is 12.2 Å². The molecular formula is C12H17FN2OS. The summed E-state index contributed by atoms with van der Waals surface area (Å²) in [7, 11) is 1.68. The van der Waals surface area contributed by atoms with Gasteiger partial charge in [0.1, 0.15) is 10.8 Å². The van der Waals surface area contributed by atoms with Crippen LogP contribution in [0.2, 0.25) is 0 Å². The van der Waals surface area contributed by atoms with Gasteiger partial charge in [-0.1, -0.05) is 12.2 Å². The van der Waals surface area contributed by atoms with Gasteiger partial charge >= 0.3 is 0 Å². The Balaban J connectivity index is 2.55. The predicted molar refractivity (Wildman–Crippen MR) is 71.9 cm³/mol. The summed E-state index contributed by atoms with van der Waals surface area (Å²) in [6.07, 6.45) is 1.95. The SMILES string of the molecule is COCCCCNc1ccc(F)cc1C(N)=S. The number of methoxy groups -OCH3 is 1. The van der Waals surface area contributed by atoms with E-state index in [4.69, 9.17) is 22.7 Å². The van der Waals surface area contributed by atoms with Crippen LogP contribution in [-0.2, 0) is 4.74 Å². The maximum absolute atomic E-state index is 13.0. The van der Waals surface area contributed by atoms with Gasteiger partial charge in [0.25, 0.3) is 0 Å². The average molecular weight is 256 g/mol. The van der Waals surface area contributed by atoms with Crippen LogP contribution in [0.5, 0.6) is 0 Å². The average Bonchev–Trinajstić information content (AvgIpc) is 2.30. The molecule has 17 heavy (non-hydrogen) atoms. The van der Waals surface area contributed by atoms with Crippen LogP contribution in [0.25, 0.3) is 0 Å². The van der Waals surface area contributed by atoms with E-state index in [0.29, 0.717) is 5.56 Å². The molecule has 0 bridgehead atoms. The maximum atomic E-state index is 13.0. The number of anilines is 1. The van der Waals surface area contributed by atoms with Crippen molar-refractivity contribution in [1.82, 2.24) is 0 Å². The summed E-state index contributed by atoms with van der Waals surface area (Å²) in [5.74, 6) is -0.335. The molecule has 1 rings (SSSR count). The smallest absolute Gasteiger partial charge is 0.124 e. The van der Waals surface area contributed by atoms with Crippen molar-refractivity contribution < 1.29 is 9.13 Å². The highest BCUT2D eigenvalue weighted by Gasteiger charge is 2.06. The summed E-state index contributed by atoms with van der Waals surface area (Å²) in [5.41, 5.74) is 6.86. The van der Waals surface area contributed by atoms with Crippen molar-refractivity contribution >= 4 is 22.9 Å². The number of nitrogens with two attached hydrogens (primary N) is 1. The molecule has 94 valence electrons. The minimum Gasteiger partial charge on any atom is -0.389 e. The fourth-order valence-corrected chi connectivity index (χ4v) is 1.64. The number of nitrogens with one attached hydrogen (secondary N) is 1. The molecule has 0 radical (unpaired) electrons. The Morgan fingerprint density at radius 2 is 2.24 bits per heavy atom. The lowest BCUT2D eigenvalue weighted by Gasteiger charge is -2.11. The molecular weight excluding hydrogens is 239 g/mol. The van der Waals surface area contributed by atoms with Crippen molar-refractivity contribution in [2.24, 2.45) is 5.73 Å². The predicted octanol–water partition coefficient (Wildman–Crippen LogP) is 2.30. The van der Waals surface area contributed by atoms with Crippen LogP contribution in [-0.4, -0.2) is 25.2 Å². The molecule has 0 amide bonds. The fraction of sp³-hybridized carbons (Fsp3) is 0.417. The minimum atomic E-state index is -0.335. The molecule has 0 unspecified atom stereocenters. The maximum Gasteiger partial charge on any atom is 0.124 e. The number of benzene rings is 1. The second-order valence-electron chi connectivity index (χ2n) is 3.68. The van der Waals surface area contributed by atoms with Gasteiger partial charge in [0.15, 0.2) is 0 Å². The number of halogens is 1. The molecule has 3 nitrogen and oxygen atoms in total. The normalized spacial score (nSPS) is 10.2. The molecule has 0 aliphatic heterocycles. The number of ether oxygens (including phenoxy) is 1. The molecule has 0 spiro atoms. The molecule has 0 saturated carbocycles. The Labute approximate surface area is 106 Å². The van der Waals surface area contributed by atoms with Gasteiger partial charge in [0.2, 0.25) is 0 Å². The van der Waals surface area contributed by atoms with Crippen LogP contribution in [0.15, 0.2) is 18.2 Å². The lowest BCUT2D eigenvalue weighted by Crippen LogP contribution is -2.14. The van der Waals surface area contributed by atoms with E-state index in [0.717, 1.165) is 31.7 Å². The Hall–Kier alpha value is -1.20. The number of hydrogen-bond acceptors (Lipinski definition) is 3. The van der Waals surface area contributed by atoms with E-state index < -0.39 is 0 Å². The third-order valence-corrected chi connectivity index (χ3v) is 2.56. The topological polar surface area (TPSA) is 47.3 Å². The molecule has 0 aliphatic rings. The highest BCUT2D eigenvalue weighted by molar-refractivity contribution is 7.80. The van der Waals surface area contributed by atoms with Crippen LogP contribution in [0.3, 0.4) is 0 Å². The van der Waals surface area contributed by atoms with Gasteiger partial charge in [0, 0.05) is 31.5 Å². The second kappa shape index (κ2) is 7.19. The lowest BCUT2D eigenvalue weighted by molar-refractivity contribution is 0.194. The van der Waals surface area contributed by atoms with Crippen molar-refractivity contribution in [1.29, 1.82) is 0 Å². The first-order chi connectivity index (χ1) is 8.15. The van der Waals surface area contributed by atoms with E-state index in [1.54, 1.807) is 13.2 Å². The van der Waals surface area contributed by atoms with Crippen LogP contribution in [0.4, 0.5) is 10.1 Å². The summed E-state index contributed by atoms with van der Waals surface area (Å²) >= 11 is 4.88. The van der Waals surface area contributed by atoms with E-state index in [9.17, 15) is 4.39 Å². The number of thiocarbonyl (C=S) groups is 1. The molecule has 0 heterocycles. The molecule has 0 atom stereocenters. The summed E-state index contributed by atoms with van der Waals surface area (Å²) in [4.78, 5) is 0.198. The summed E-state index contributed by atoms with van der Waals surface area (Å²) < 4.78 is 18.0. The van der Waals surface area contributed by atoms with E-state index in [-0.39, 0.29) is 10.8 Å². The Morgan fingerprint density at radius 1 is 1.47 bits per heavy atom. The van der Waals surface area contributed by atoms with Gasteiger partial charge in [0.05, 0.1) is 0 Å². The number of hydrogen-bond donors (Lipinski definition) is 2. The molecule has 1 aromatic carbocycles. The minimum absolute atomic E-state index is 0.198. The lowest BCUT2D eigenvalue weighted by atomic mass is 10.1. The first kappa shape index (κ1) is 13.9. The van der Waals surface area contributed by atoms with E-state index in [1.165, 1.54) is 12.1 Å². The summed E-state index contributed by atoms with van der Waals surface area (Å²) in [6.45, 7) is 1.53. The highest BCUT2D eigenvalue weighted by Crippen LogP contribution is 2.17. The zero-order valence-corrected chi connectivity index (χ0v) is 10.6. The van der Waals surface area contributed by atoms with Gasteiger partial charge in [-0.05, 0) is 31.0 Å². The zero-order valence-electron chi connectivity index (χ0n) is 9.83. The van der Waals surface area contributed by atoms with E-state index >= 15 is 0 Å². The van der Waals surface area contributed by atoms with Gasteiger partial charge in [-0.2, -0.15) is 0 Å². The second-order valence-corrected chi connectivity index (χ2v) is 4.12. The van der Waals surface area contributed by atoms with Crippen LogP contribution < -0.4 is 11.1 Å². The largest absolute Gasteiger partial charge is 0.389 e. The third kappa shape index (κ3) is 4.66. The third-order valence-electron chi connectivity index (χ3n) is 2.34. The first-order valence-electron chi connectivity index (χ1n) is 5.47. The Kier molecular flexibility index (Phi) is 5.86. The molecule has 0 aliphatic carbocycles. The van der Waals surface area contributed by atoms with Gasteiger partial charge in [-0.25, -0.2) is 4.39 Å². The molecule has 3 N–H and O–H groups in total. The van der Waals surface area contributed by atoms with Gasteiger partial charge in [-0.3, -0.25) is 0 Å². The van der Waals surface area contributed by atoms with Crippen LogP contribution in [0, 0.1) is 5.82 Å². The summed E-state index contributed by atoms with van der Waals surface area (Å²) in [6, 6.07) is 4.39. The van der Waals surface area contributed by atoms with Crippen molar-refractivity contribution in [3.05, 3.63) is 29.6 Å². The van der Waals surface area contributed by atoms with Gasteiger partial charge < -0.3 is 15.8 Å².